The summed E-state index contributed by atoms with van der Waals surface area (Å²) in [5.41, 5.74) is 6.23. The van der Waals surface area contributed by atoms with Crippen LogP contribution in [0.25, 0.3) is 11.2 Å². The number of hydrogen-bond acceptors (Lipinski definition) is 8. The van der Waals surface area contributed by atoms with Crippen LogP contribution in [0, 0.1) is 5.41 Å². The van der Waals surface area contributed by atoms with Crippen LogP contribution in [0.4, 0.5) is 4.79 Å². The molecule has 2 saturated heterocycles. The van der Waals surface area contributed by atoms with Crippen molar-refractivity contribution in [3.05, 3.63) is 17.8 Å². The predicted octanol–water partition coefficient (Wildman–Crippen LogP) is -1.49. The molecule has 6 N–H and O–H groups in total. The quantitative estimate of drug-likeness (QED) is 0.355. The first kappa shape index (κ1) is 21.9. The number of fused-ring (bicyclic) bond motifs is 1. The number of carbonyl (C=O) groups is 3. The standard InChI is InChI=1S/C19H26N8O5/c20-18(31)23-14(9-28)17(30)27-10-19(1-3-32-4-2-19)6-12(27)8-22-16(29)11-5-13-15(21-7-11)25-26-24-13/h5,7,12,14,28H,1-4,6,8-10H2,(H,22,29)(H3,20,23,31)(H,21,24,25,26). The lowest BCUT2D eigenvalue weighted by Gasteiger charge is -2.33. The third kappa shape index (κ3) is 4.48. The van der Waals surface area contributed by atoms with Crippen molar-refractivity contribution in [2.45, 2.75) is 31.3 Å². The lowest BCUT2D eigenvalue weighted by atomic mass is 9.78. The lowest BCUT2D eigenvalue weighted by Crippen LogP contribution is -2.54. The summed E-state index contributed by atoms with van der Waals surface area (Å²) in [6.07, 6.45) is 3.68. The monoisotopic (exact) mass is 446 g/mol. The lowest BCUT2D eigenvalue weighted by molar-refractivity contribution is -0.135. The van der Waals surface area contributed by atoms with E-state index in [-0.39, 0.29) is 23.9 Å². The van der Waals surface area contributed by atoms with Crippen LogP contribution < -0.4 is 16.4 Å². The Bertz CT molecular complexity index is 1000. The molecular weight excluding hydrogens is 420 g/mol. The number of nitrogens with zero attached hydrogens (tertiary/aromatic N) is 4. The van der Waals surface area contributed by atoms with Gasteiger partial charge in [-0.25, -0.2) is 9.78 Å². The molecule has 1 spiro atoms. The summed E-state index contributed by atoms with van der Waals surface area (Å²) in [5, 5.41) is 25.0. The Labute approximate surface area is 183 Å². The Balaban J connectivity index is 1.48. The number of amides is 4. The minimum atomic E-state index is -1.14. The molecular formula is C19H26N8O5. The topological polar surface area (TPSA) is 188 Å². The molecule has 2 unspecified atom stereocenters. The molecule has 4 heterocycles. The summed E-state index contributed by atoms with van der Waals surface area (Å²) < 4.78 is 5.49. The second-order valence-corrected chi connectivity index (χ2v) is 8.28. The first-order valence-corrected chi connectivity index (χ1v) is 10.4. The first-order valence-electron chi connectivity index (χ1n) is 10.4. The number of ether oxygens (including phenoxy) is 1. The van der Waals surface area contributed by atoms with Gasteiger partial charge in [0, 0.05) is 38.5 Å². The van der Waals surface area contributed by atoms with Gasteiger partial charge < -0.3 is 31.1 Å². The van der Waals surface area contributed by atoms with Crippen LogP contribution in [0.3, 0.4) is 0 Å². The number of nitrogens with two attached hydrogens (primary N) is 1. The minimum absolute atomic E-state index is 0.128. The van der Waals surface area contributed by atoms with E-state index in [0.717, 1.165) is 12.8 Å². The smallest absolute Gasteiger partial charge is 0.312 e. The number of carbonyl (C=O) groups excluding carboxylic acids is 3. The summed E-state index contributed by atoms with van der Waals surface area (Å²) in [5.74, 6) is -0.781. The molecule has 13 nitrogen and oxygen atoms in total. The van der Waals surface area contributed by atoms with E-state index in [1.807, 2.05) is 0 Å². The van der Waals surface area contributed by atoms with Crippen molar-refractivity contribution < 1.29 is 24.2 Å². The van der Waals surface area contributed by atoms with Gasteiger partial charge in [0.2, 0.25) is 11.6 Å². The molecule has 0 saturated carbocycles. The van der Waals surface area contributed by atoms with Gasteiger partial charge in [0.05, 0.1) is 12.2 Å². The Hall–Kier alpha value is -3.32. The predicted molar refractivity (Wildman–Crippen MR) is 110 cm³/mol. The van der Waals surface area contributed by atoms with Crippen LogP contribution in [-0.4, -0.2) is 93.2 Å². The summed E-state index contributed by atoms with van der Waals surface area (Å²) in [6, 6.07) is -0.758. The van der Waals surface area contributed by atoms with Crippen LogP contribution in [0.1, 0.15) is 29.6 Å². The molecule has 2 aromatic heterocycles. The number of aliphatic hydroxyl groups excluding tert-OH is 1. The van der Waals surface area contributed by atoms with Crippen LogP contribution in [0.15, 0.2) is 12.3 Å². The summed E-state index contributed by atoms with van der Waals surface area (Å²) >= 11 is 0. The normalized spacial score (nSPS) is 20.9. The average molecular weight is 446 g/mol. The van der Waals surface area contributed by atoms with E-state index in [0.29, 0.717) is 42.9 Å². The summed E-state index contributed by atoms with van der Waals surface area (Å²) in [7, 11) is 0. The number of hydrogen-bond donors (Lipinski definition) is 5. The molecule has 0 radical (unpaired) electrons. The Morgan fingerprint density at radius 2 is 2.12 bits per heavy atom. The highest BCUT2D eigenvalue weighted by Gasteiger charge is 2.47. The molecule has 13 heteroatoms. The van der Waals surface area contributed by atoms with Gasteiger partial charge in [-0.05, 0) is 30.7 Å². The van der Waals surface area contributed by atoms with Crippen molar-refractivity contribution in [2.24, 2.45) is 11.1 Å². The largest absolute Gasteiger partial charge is 0.394 e. The number of urea groups is 1. The second-order valence-electron chi connectivity index (χ2n) is 8.28. The average Bonchev–Trinajstić information content (AvgIpc) is 3.40. The third-order valence-electron chi connectivity index (χ3n) is 6.18. The highest BCUT2D eigenvalue weighted by Crippen LogP contribution is 2.43. The van der Waals surface area contributed by atoms with Gasteiger partial charge in [0.1, 0.15) is 11.6 Å². The number of aromatic nitrogens is 4. The Kier molecular flexibility index (Phi) is 6.19. The number of likely N-dealkylation sites (tertiary alicyclic amines) is 1. The fourth-order valence-electron chi connectivity index (χ4n) is 4.51. The van der Waals surface area contributed by atoms with Gasteiger partial charge in [-0.3, -0.25) is 9.59 Å². The van der Waals surface area contributed by atoms with E-state index in [1.54, 1.807) is 11.0 Å². The summed E-state index contributed by atoms with van der Waals surface area (Å²) in [4.78, 5) is 42.8. The van der Waals surface area contributed by atoms with Crippen LogP contribution >= 0.6 is 0 Å². The molecule has 4 amide bonds. The van der Waals surface area contributed by atoms with Crippen molar-refractivity contribution in [3.8, 4) is 0 Å². The molecule has 172 valence electrons. The summed E-state index contributed by atoms with van der Waals surface area (Å²) in [6.45, 7) is 1.30. The zero-order valence-electron chi connectivity index (χ0n) is 17.4. The molecule has 2 fully saturated rings. The maximum absolute atomic E-state index is 13.1. The van der Waals surface area contributed by atoms with Crippen molar-refractivity contribution in [1.82, 2.24) is 35.9 Å². The number of H-pyrrole nitrogens is 1. The zero-order valence-corrected chi connectivity index (χ0v) is 17.4. The Morgan fingerprint density at radius 1 is 1.34 bits per heavy atom. The molecule has 2 aromatic rings. The highest BCUT2D eigenvalue weighted by atomic mass is 16.5. The van der Waals surface area contributed by atoms with E-state index in [4.69, 9.17) is 10.5 Å². The van der Waals surface area contributed by atoms with Crippen LogP contribution in [0.5, 0.6) is 0 Å². The maximum atomic E-state index is 13.1. The fraction of sp³-hybridized carbons (Fsp3) is 0.579. The van der Waals surface area contributed by atoms with E-state index in [9.17, 15) is 19.5 Å². The molecule has 32 heavy (non-hydrogen) atoms. The Morgan fingerprint density at radius 3 is 2.84 bits per heavy atom. The van der Waals surface area contributed by atoms with Gasteiger partial charge in [-0.1, -0.05) is 0 Å². The first-order chi connectivity index (χ1) is 15.4. The van der Waals surface area contributed by atoms with E-state index in [1.165, 1.54) is 6.20 Å². The number of aromatic amines is 1. The molecule has 2 atom stereocenters. The van der Waals surface area contributed by atoms with Gasteiger partial charge >= 0.3 is 6.03 Å². The van der Waals surface area contributed by atoms with Gasteiger partial charge in [-0.15, -0.1) is 5.10 Å². The molecule has 0 aliphatic carbocycles. The number of rotatable bonds is 6. The second kappa shape index (κ2) is 9.04. The van der Waals surface area contributed by atoms with Crippen molar-refractivity contribution in [1.29, 1.82) is 0 Å². The molecule has 0 bridgehead atoms. The highest BCUT2D eigenvalue weighted by molar-refractivity contribution is 5.96. The van der Waals surface area contributed by atoms with Gasteiger partial charge in [0.15, 0.2) is 0 Å². The number of nitrogens with one attached hydrogen (secondary N) is 3. The van der Waals surface area contributed by atoms with Crippen LogP contribution in [-0.2, 0) is 9.53 Å². The molecule has 0 aromatic carbocycles. The van der Waals surface area contributed by atoms with E-state index in [2.05, 4.69) is 31.0 Å². The number of pyridine rings is 1. The van der Waals surface area contributed by atoms with E-state index >= 15 is 0 Å². The zero-order chi connectivity index (χ0) is 22.7. The molecule has 2 aliphatic heterocycles. The van der Waals surface area contributed by atoms with Crippen LogP contribution in [0.2, 0.25) is 0 Å². The SMILES string of the molecule is NC(=O)NC(CO)C(=O)N1CC2(CCOCC2)CC1CNC(=O)c1cnc2n[nH]nc2c1. The van der Waals surface area contributed by atoms with Crippen molar-refractivity contribution >= 4 is 29.0 Å². The van der Waals surface area contributed by atoms with Crippen molar-refractivity contribution in [2.75, 3.05) is 32.9 Å². The number of aliphatic hydroxyl groups is 1. The molecule has 4 rings (SSSR count). The van der Waals surface area contributed by atoms with Gasteiger partial charge in [-0.2, -0.15) is 10.3 Å². The van der Waals surface area contributed by atoms with E-state index < -0.39 is 24.6 Å². The van der Waals surface area contributed by atoms with Crippen molar-refractivity contribution in [3.63, 3.8) is 0 Å². The minimum Gasteiger partial charge on any atom is -0.394 e. The fourth-order valence-corrected chi connectivity index (χ4v) is 4.51. The third-order valence-corrected chi connectivity index (χ3v) is 6.18. The molecule has 2 aliphatic rings. The van der Waals surface area contributed by atoms with Gasteiger partial charge in [0.25, 0.3) is 5.91 Å². The number of primary amides is 1. The maximum Gasteiger partial charge on any atom is 0.312 e.